The molecule has 0 fully saturated rings. The predicted octanol–water partition coefficient (Wildman–Crippen LogP) is 3.03. The number of hydrogen-bond acceptors (Lipinski definition) is 5. The van der Waals surface area contributed by atoms with Gasteiger partial charge in [-0.05, 0) is 45.4 Å². The average Bonchev–Trinajstić information content (AvgIpc) is 2.48. The van der Waals surface area contributed by atoms with Crippen LogP contribution in [-0.2, 0) is 0 Å². The minimum absolute atomic E-state index is 0.139. The Morgan fingerprint density at radius 3 is 2.50 bits per heavy atom. The minimum atomic E-state index is -0.616. The third-order valence-electron chi connectivity index (χ3n) is 3.18. The van der Waals surface area contributed by atoms with Crippen LogP contribution in [0.4, 0.5) is 5.82 Å². The van der Waals surface area contributed by atoms with Gasteiger partial charge in [-0.3, -0.25) is 4.98 Å². The van der Waals surface area contributed by atoms with E-state index in [2.05, 4.69) is 15.3 Å². The van der Waals surface area contributed by atoms with Crippen LogP contribution in [0.2, 0.25) is 0 Å². The molecule has 118 valence electrons. The number of anilines is 1. The number of aryl methyl sites for hydroxylation is 2. The van der Waals surface area contributed by atoms with E-state index in [1.54, 1.807) is 6.20 Å². The van der Waals surface area contributed by atoms with Crippen molar-refractivity contribution < 1.29 is 9.84 Å². The van der Waals surface area contributed by atoms with Crippen LogP contribution in [0.5, 0.6) is 5.75 Å². The van der Waals surface area contributed by atoms with Gasteiger partial charge < -0.3 is 15.2 Å². The lowest BCUT2D eigenvalue weighted by atomic mass is 10.1. The van der Waals surface area contributed by atoms with E-state index in [1.807, 2.05) is 52.0 Å². The van der Waals surface area contributed by atoms with Crippen molar-refractivity contribution in [2.24, 2.45) is 0 Å². The highest BCUT2D eigenvalue weighted by Crippen LogP contribution is 2.19. The van der Waals surface area contributed by atoms with E-state index in [-0.39, 0.29) is 6.10 Å². The van der Waals surface area contributed by atoms with Gasteiger partial charge in [-0.1, -0.05) is 12.1 Å². The van der Waals surface area contributed by atoms with Crippen molar-refractivity contribution in [2.45, 2.75) is 39.9 Å². The Hall–Kier alpha value is -2.14. The normalized spacial score (nSPS) is 12.3. The quantitative estimate of drug-likeness (QED) is 0.858. The zero-order chi connectivity index (χ0) is 16.1. The molecular formula is C17H23N3O2. The Kier molecular flexibility index (Phi) is 5.33. The van der Waals surface area contributed by atoms with Crippen molar-refractivity contribution >= 4 is 5.82 Å². The number of aliphatic hydroxyl groups excluding tert-OH is 1. The van der Waals surface area contributed by atoms with Gasteiger partial charge in [-0.25, -0.2) is 4.98 Å². The molecule has 1 unspecified atom stereocenters. The Morgan fingerprint density at radius 1 is 1.18 bits per heavy atom. The monoisotopic (exact) mass is 301 g/mol. The lowest BCUT2D eigenvalue weighted by Crippen LogP contribution is -2.14. The maximum Gasteiger partial charge on any atom is 0.147 e. The smallest absolute Gasteiger partial charge is 0.147 e. The first-order valence-electron chi connectivity index (χ1n) is 7.44. The molecule has 0 aliphatic rings. The largest absolute Gasteiger partial charge is 0.491 e. The van der Waals surface area contributed by atoms with Gasteiger partial charge >= 0.3 is 0 Å². The number of hydrogen-bond donors (Lipinski definition) is 2. The molecule has 0 saturated heterocycles. The van der Waals surface area contributed by atoms with E-state index in [1.165, 1.54) is 0 Å². The molecule has 0 amide bonds. The summed E-state index contributed by atoms with van der Waals surface area (Å²) in [4.78, 5) is 8.63. The molecule has 0 spiro atoms. The van der Waals surface area contributed by atoms with Crippen molar-refractivity contribution in [2.75, 3.05) is 11.9 Å². The number of ether oxygens (including phenoxy) is 1. The maximum atomic E-state index is 10.3. The fourth-order valence-electron chi connectivity index (χ4n) is 2.06. The molecule has 1 aromatic carbocycles. The molecule has 2 aromatic rings. The van der Waals surface area contributed by atoms with Crippen LogP contribution in [-0.4, -0.2) is 27.7 Å². The van der Waals surface area contributed by atoms with Crippen molar-refractivity contribution in [3.63, 3.8) is 0 Å². The average molecular weight is 301 g/mol. The fourth-order valence-corrected chi connectivity index (χ4v) is 2.06. The lowest BCUT2D eigenvalue weighted by molar-refractivity contribution is 0.191. The van der Waals surface area contributed by atoms with Crippen LogP contribution in [0.15, 0.2) is 30.5 Å². The Bertz CT molecular complexity index is 612. The molecule has 0 radical (unpaired) electrons. The molecule has 2 rings (SSSR count). The summed E-state index contributed by atoms with van der Waals surface area (Å²) in [6, 6.07) is 7.49. The summed E-state index contributed by atoms with van der Waals surface area (Å²) < 4.78 is 5.59. The third-order valence-corrected chi connectivity index (χ3v) is 3.18. The number of nitrogens with zero attached hydrogens (tertiary/aromatic N) is 2. The number of rotatable bonds is 6. The summed E-state index contributed by atoms with van der Waals surface area (Å²) in [6.45, 7) is 8.12. The highest BCUT2D eigenvalue weighted by atomic mass is 16.5. The summed E-state index contributed by atoms with van der Waals surface area (Å²) in [5, 5.41) is 13.4. The van der Waals surface area contributed by atoms with E-state index in [4.69, 9.17) is 4.74 Å². The zero-order valence-electron chi connectivity index (χ0n) is 13.5. The summed E-state index contributed by atoms with van der Waals surface area (Å²) in [7, 11) is 0. The first kappa shape index (κ1) is 16.2. The van der Waals surface area contributed by atoms with Crippen LogP contribution in [0.25, 0.3) is 0 Å². The Balaban J connectivity index is 1.97. The van der Waals surface area contributed by atoms with Gasteiger partial charge in [0.15, 0.2) is 0 Å². The number of nitrogens with one attached hydrogen (secondary N) is 1. The molecule has 0 bridgehead atoms. The Morgan fingerprint density at radius 2 is 1.86 bits per heavy atom. The molecule has 5 heteroatoms. The van der Waals surface area contributed by atoms with Crippen LogP contribution >= 0.6 is 0 Å². The van der Waals surface area contributed by atoms with E-state index in [9.17, 15) is 5.11 Å². The van der Waals surface area contributed by atoms with E-state index in [0.717, 1.165) is 22.7 Å². The van der Waals surface area contributed by atoms with Crippen LogP contribution in [0.1, 0.15) is 36.9 Å². The SMILES string of the molecule is Cc1cnc(C)c(NCC(O)c2ccc(OC(C)C)cc2)n1. The highest BCUT2D eigenvalue weighted by molar-refractivity contribution is 5.40. The Labute approximate surface area is 131 Å². The van der Waals surface area contributed by atoms with Gasteiger partial charge in [0.1, 0.15) is 11.6 Å². The van der Waals surface area contributed by atoms with E-state index in [0.29, 0.717) is 12.4 Å². The molecule has 2 N–H and O–H groups in total. The maximum absolute atomic E-state index is 10.3. The molecule has 0 aliphatic heterocycles. The summed E-state index contributed by atoms with van der Waals surface area (Å²) >= 11 is 0. The second kappa shape index (κ2) is 7.22. The van der Waals surface area contributed by atoms with Gasteiger partial charge in [-0.15, -0.1) is 0 Å². The van der Waals surface area contributed by atoms with Crippen LogP contribution < -0.4 is 10.1 Å². The van der Waals surface area contributed by atoms with Crippen molar-refractivity contribution in [1.82, 2.24) is 9.97 Å². The molecule has 1 atom stereocenters. The summed E-state index contributed by atoms with van der Waals surface area (Å²) in [5.74, 6) is 1.51. The van der Waals surface area contributed by atoms with Crippen molar-refractivity contribution in [3.05, 3.63) is 47.4 Å². The molecule has 1 aromatic heterocycles. The molecule has 1 heterocycles. The van der Waals surface area contributed by atoms with Crippen LogP contribution in [0.3, 0.4) is 0 Å². The standard InChI is InChI=1S/C17H23N3O2/c1-11(2)22-15-7-5-14(6-8-15)16(21)10-19-17-13(4)18-9-12(3)20-17/h5-9,11,16,21H,10H2,1-4H3,(H,19,20). The molecule has 0 saturated carbocycles. The predicted molar refractivity (Wildman–Crippen MR) is 87.2 cm³/mol. The molecule has 0 aliphatic carbocycles. The van der Waals surface area contributed by atoms with Gasteiger partial charge in [-0.2, -0.15) is 0 Å². The van der Waals surface area contributed by atoms with E-state index < -0.39 is 6.10 Å². The first-order valence-corrected chi connectivity index (χ1v) is 7.44. The third kappa shape index (κ3) is 4.43. The fraction of sp³-hybridized carbons (Fsp3) is 0.412. The number of benzene rings is 1. The van der Waals surface area contributed by atoms with Crippen LogP contribution in [0, 0.1) is 13.8 Å². The summed E-state index contributed by atoms with van der Waals surface area (Å²) in [6.07, 6.45) is 1.25. The van der Waals surface area contributed by atoms with Crippen molar-refractivity contribution in [3.8, 4) is 5.75 Å². The molecule has 5 nitrogen and oxygen atoms in total. The van der Waals surface area contributed by atoms with Gasteiger partial charge in [0, 0.05) is 12.7 Å². The first-order chi connectivity index (χ1) is 10.5. The van der Waals surface area contributed by atoms with Gasteiger partial charge in [0.25, 0.3) is 0 Å². The topological polar surface area (TPSA) is 67.3 Å². The van der Waals surface area contributed by atoms with Crippen molar-refractivity contribution in [1.29, 1.82) is 0 Å². The highest BCUT2D eigenvalue weighted by Gasteiger charge is 2.10. The summed E-state index contributed by atoms with van der Waals surface area (Å²) in [5.41, 5.74) is 2.50. The zero-order valence-corrected chi connectivity index (χ0v) is 13.5. The number of aliphatic hydroxyl groups is 1. The number of aromatic nitrogens is 2. The molecule has 22 heavy (non-hydrogen) atoms. The minimum Gasteiger partial charge on any atom is -0.491 e. The lowest BCUT2D eigenvalue weighted by Gasteiger charge is -2.15. The second-order valence-corrected chi connectivity index (χ2v) is 5.58. The van der Waals surface area contributed by atoms with Gasteiger partial charge in [0.2, 0.25) is 0 Å². The van der Waals surface area contributed by atoms with E-state index >= 15 is 0 Å². The second-order valence-electron chi connectivity index (χ2n) is 5.58. The molecular weight excluding hydrogens is 278 g/mol. The van der Waals surface area contributed by atoms with Gasteiger partial charge in [0.05, 0.1) is 23.6 Å².